The highest BCUT2D eigenvalue weighted by Gasteiger charge is 2.24. The SMILES string of the molecule is C=CC(=O)OC(CCCCCCC)OP(=O)(O)O. The van der Waals surface area contributed by atoms with Crippen molar-refractivity contribution in [1.29, 1.82) is 0 Å². The smallest absolute Gasteiger partial charge is 0.432 e. The molecule has 0 aromatic rings. The Kier molecular flexibility index (Phi) is 8.93. The van der Waals surface area contributed by atoms with Crippen molar-refractivity contribution < 1.29 is 28.4 Å². The highest BCUT2D eigenvalue weighted by atomic mass is 31.2. The van der Waals surface area contributed by atoms with Crippen molar-refractivity contribution in [2.45, 2.75) is 51.7 Å². The van der Waals surface area contributed by atoms with Gasteiger partial charge in [0.25, 0.3) is 0 Å². The molecule has 0 aliphatic heterocycles. The van der Waals surface area contributed by atoms with Crippen LogP contribution in [0.1, 0.15) is 45.4 Å². The number of carbonyl (C=O) groups excluding carboxylic acids is 1. The van der Waals surface area contributed by atoms with E-state index in [-0.39, 0.29) is 6.42 Å². The standard InChI is InChI=1S/C11H21O6P/c1-3-5-6-7-8-9-11(16-10(12)4-2)17-18(13,14)15/h4,11H,2-3,5-9H2,1H3,(H2,13,14,15). The Hall–Kier alpha value is -0.680. The molecule has 1 unspecified atom stereocenters. The van der Waals surface area contributed by atoms with Crippen LogP contribution in [0.2, 0.25) is 0 Å². The van der Waals surface area contributed by atoms with E-state index in [1.54, 1.807) is 0 Å². The monoisotopic (exact) mass is 280 g/mol. The molecule has 0 saturated carbocycles. The van der Waals surface area contributed by atoms with E-state index in [9.17, 15) is 9.36 Å². The number of phosphoric acid groups is 1. The van der Waals surface area contributed by atoms with Crippen LogP contribution in [0.4, 0.5) is 0 Å². The Morgan fingerprint density at radius 3 is 2.44 bits per heavy atom. The number of esters is 1. The van der Waals surface area contributed by atoms with E-state index in [4.69, 9.17) is 14.5 Å². The van der Waals surface area contributed by atoms with Crippen molar-refractivity contribution in [3.05, 3.63) is 12.7 Å². The molecule has 6 nitrogen and oxygen atoms in total. The van der Waals surface area contributed by atoms with Crippen LogP contribution in [0.5, 0.6) is 0 Å². The second-order valence-corrected chi connectivity index (χ2v) is 5.06. The zero-order chi connectivity index (χ0) is 14.0. The molecule has 0 heterocycles. The van der Waals surface area contributed by atoms with E-state index in [0.29, 0.717) is 6.42 Å². The highest BCUT2D eigenvalue weighted by molar-refractivity contribution is 7.46. The quantitative estimate of drug-likeness (QED) is 0.210. The van der Waals surface area contributed by atoms with Crippen molar-refractivity contribution in [2.24, 2.45) is 0 Å². The van der Waals surface area contributed by atoms with Gasteiger partial charge in [-0.05, 0) is 6.42 Å². The number of phosphoric ester groups is 1. The zero-order valence-electron chi connectivity index (χ0n) is 10.6. The lowest BCUT2D eigenvalue weighted by Gasteiger charge is -2.17. The number of unbranched alkanes of at least 4 members (excludes halogenated alkanes) is 4. The van der Waals surface area contributed by atoms with Gasteiger partial charge in [-0.3, -0.25) is 0 Å². The van der Waals surface area contributed by atoms with E-state index < -0.39 is 20.1 Å². The molecule has 0 rings (SSSR count). The first-order valence-electron chi connectivity index (χ1n) is 5.96. The van der Waals surface area contributed by atoms with Crippen LogP contribution >= 0.6 is 7.82 Å². The van der Waals surface area contributed by atoms with Gasteiger partial charge in [-0.2, -0.15) is 0 Å². The summed E-state index contributed by atoms with van der Waals surface area (Å²) in [6.45, 7) is 5.30. The fraction of sp³-hybridized carbons (Fsp3) is 0.727. The molecule has 7 heteroatoms. The van der Waals surface area contributed by atoms with Gasteiger partial charge in [0, 0.05) is 12.5 Å². The molecule has 18 heavy (non-hydrogen) atoms. The topological polar surface area (TPSA) is 93.1 Å². The summed E-state index contributed by atoms with van der Waals surface area (Å²) in [5.41, 5.74) is 0. The van der Waals surface area contributed by atoms with Crippen molar-refractivity contribution in [1.82, 2.24) is 0 Å². The Balaban J connectivity index is 4.09. The van der Waals surface area contributed by atoms with Crippen LogP contribution in [-0.2, 0) is 18.6 Å². The van der Waals surface area contributed by atoms with Crippen LogP contribution in [0, 0.1) is 0 Å². The summed E-state index contributed by atoms with van der Waals surface area (Å²) >= 11 is 0. The Labute approximate surface area is 107 Å². The fourth-order valence-corrected chi connectivity index (χ4v) is 1.83. The molecule has 0 bridgehead atoms. The van der Waals surface area contributed by atoms with Crippen molar-refractivity contribution in [2.75, 3.05) is 0 Å². The predicted molar refractivity (Wildman–Crippen MR) is 66.6 cm³/mol. The summed E-state index contributed by atoms with van der Waals surface area (Å²) in [7, 11) is -4.66. The van der Waals surface area contributed by atoms with Crippen LogP contribution in [0.15, 0.2) is 12.7 Å². The van der Waals surface area contributed by atoms with Gasteiger partial charge in [0.05, 0.1) is 0 Å². The molecule has 0 spiro atoms. The molecule has 0 saturated heterocycles. The highest BCUT2D eigenvalue weighted by Crippen LogP contribution is 2.38. The summed E-state index contributed by atoms with van der Waals surface area (Å²) in [6, 6.07) is 0. The largest absolute Gasteiger partial charge is 0.472 e. The summed E-state index contributed by atoms with van der Waals surface area (Å²) < 4.78 is 19.8. The summed E-state index contributed by atoms with van der Waals surface area (Å²) in [4.78, 5) is 28.3. The van der Waals surface area contributed by atoms with E-state index in [1.165, 1.54) is 0 Å². The second-order valence-electron chi connectivity index (χ2n) is 3.87. The minimum absolute atomic E-state index is 0.258. The molecule has 0 aliphatic carbocycles. The molecule has 0 aromatic heterocycles. The van der Waals surface area contributed by atoms with Gasteiger partial charge in [-0.1, -0.05) is 39.2 Å². The lowest BCUT2D eigenvalue weighted by atomic mass is 10.1. The van der Waals surface area contributed by atoms with Gasteiger partial charge < -0.3 is 14.5 Å². The maximum atomic E-state index is 11.0. The van der Waals surface area contributed by atoms with Crippen molar-refractivity contribution in [3.8, 4) is 0 Å². The molecule has 1 atom stereocenters. The first-order chi connectivity index (χ1) is 8.39. The lowest BCUT2D eigenvalue weighted by Crippen LogP contribution is -2.19. The molecule has 2 N–H and O–H groups in total. The number of ether oxygens (including phenoxy) is 1. The maximum Gasteiger partial charge on any atom is 0.472 e. The third-order valence-corrected chi connectivity index (χ3v) is 2.72. The van der Waals surface area contributed by atoms with Gasteiger partial charge in [-0.15, -0.1) is 0 Å². The summed E-state index contributed by atoms with van der Waals surface area (Å²) in [5, 5.41) is 0. The van der Waals surface area contributed by atoms with Crippen LogP contribution in [-0.4, -0.2) is 22.0 Å². The molecule has 0 fully saturated rings. The molecular weight excluding hydrogens is 259 g/mol. The second kappa shape index (κ2) is 9.28. The molecular formula is C11H21O6P. The van der Waals surface area contributed by atoms with E-state index in [2.05, 4.69) is 18.0 Å². The first-order valence-corrected chi connectivity index (χ1v) is 7.49. The molecule has 0 amide bonds. The molecule has 106 valence electrons. The number of hydrogen-bond acceptors (Lipinski definition) is 4. The van der Waals surface area contributed by atoms with Crippen molar-refractivity contribution >= 4 is 13.8 Å². The van der Waals surface area contributed by atoms with Gasteiger partial charge in [0.15, 0.2) is 0 Å². The molecule has 0 radical (unpaired) electrons. The van der Waals surface area contributed by atoms with Gasteiger partial charge >= 0.3 is 13.8 Å². The minimum Gasteiger partial charge on any atom is -0.432 e. The van der Waals surface area contributed by atoms with Crippen molar-refractivity contribution in [3.63, 3.8) is 0 Å². The van der Waals surface area contributed by atoms with Gasteiger partial charge in [0.2, 0.25) is 6.29 Å². The van der Waals surface area contributed by atoms with E-state index in [0.717, 1.165) is 31.8 Å². The van der Waals surface area contributed by atoms with Gasteiger partial charge in [-0.25, -0.2) is 13.9 Å². The fourth-order valence-electron chi connectivity index (χ4n) is 1.38. The van der Waals surface area contributed by atoms with Crippen LogP contribution < -0.4 is 0 Å². The lowest BCUT2D eigenvalue weighted by molar-refractivity contribution is -0.160. The summed E-state index contributed by atoms with van der Waals surface area (Å²) in [5.74, 6) is -0.762. The van der Waals surface area contributed by atoms with E-state index >= 15 is 0 Å². The third kappa shape index (κ3) is 10.5. The molecule has 0 aromatic carbocycles. The Morgan fingerprint density at radius 1 is 1.33 bits per heavy atom. The average molecular weight is 280 g/mol. The Morgan fingerprint density at radius 2 is 1.94 bits per heavy atom. The summed E-state index contributed by atoms with van der Waals surface area (Å²) in [6.07, 6.45) is 4.79. The molecule has 0 aliphatic rings. The van der Waals surface area contributed by atoms with Crippen LogP contribution in [0.25, 0.3) is 0 Å². The van der Waals surface area contributed by atoms with Crippen LogP contribution in [0.3, 0.4) is 0 Å². The number of hydrogen-bond donors (Lipinski definition) is 2. The normalized spacial score (nSPS) is 13.1. The van der Waals surface area contributed by atoms with Gasteiger partial charge in [0.1, 0.15) is 0 Å². The minimum atomic E-state index is -4.66. The predicted octanol–water partition coefficient (Wildman–Crippen LogP) is 2.51. The average Bonchev–Trinajstić information content (AvgIpc) is 2.26. The Bertz CT molecular complexity index is 298. The zero-order valence-corrected chi connectivity index (χ0v) is 11.5. The van der Waals surface area contributed by atoms with E-state index in [1.807, 2.05) is 0 Å². The number of rotatable bonds is 10. The maximum absolute atomic E-state index is 11.0. The third-order valence-electron chi connectivity index (χ3n) is 2.21. The first kappa shape index (κ1) is 17.3. The number of carbonyl (C=O) groups is 1.